The Morgan fingerprint density at radius 2 is 1.70 bits per heavy atom. The fourth-order valence-electron chi connectivity index (χ4n) is 3.75. The maximum Gasteiger partial charge on any atom is 0.251 e. The second-order valence-corrected chi connectivity index (χ2v) is 7.58. The van der Waals surface area contributed by atoms with E-state index in [-0.39, 0.29) is 23.7 Å². The molecule has 2 fully saturated rings. The minimum Gasteiger partial charge on any atom is -0.354 e. The van der Waals surface area contributed by atoms with Gasteiger partial charge in [-0.15, -0.1) is 0 Å². The van der Waals surface area contributed by atoms with Crippen molar-refractivity contribution in [3.63, 3.8) is 0 Å². The van der Waals surface area contributed by atoms with Crippen LogP contribution in [0.5, 0.6) is 0 Å². The predicted molar refractivity (Wildman–Crippen MR) is 102 cm³/mol. The normalized spacial score (nSPS) is 22.6. The Kier molecular flexibility index (Phi) is 6.79. The zero-order valence-corrected chi connectivity index (χ0v) is 15.6. The quantitative estimate of drug-likeness (QED) is 0.567. The van der Waals surface area contributed by atoms with Crippen molar-refractivity contribution in [3.05, 3.63) is 35.6 Å². The van der Waals surface area contributed by atoms with E-state index in [1.54, 1.807) is 0 Å². The van der Waals surface area contributed by atoms with Gasteiger partial charge in [-0.05, 0) is 55.9 Å². The predicted octanol–water partition coefficient (Wildman–Crippen LogP) is 1.26. The number of halogens is 1. The van der Waals surface area contributed by atoms with Crippen molar-refractivity contribution in [3.8, 4) is 0 Å². The van der Waals surface area contributed by atoms with E-state index in [4.69, 9.17) is 5.73 Å². The summed E-state index contributed by atoms with van der Waals surface area (Å²) in [5.41, 5.74) is 6.29. The zero-order valence-electron chi connectivity index (χ0n) is 15.6. The van der Waals surface area contributed by atoms with Crippen molar-refractivity contribution in [2.24, 2.45) is 11.7 Å². The third-order valence-electron chi connectivity index (χ3n) is 5.47. The number of nitrogens with two attached hydrogens (primary N) is 1. The molecular weight excluding hydrogens is 347 g/mol. The molecule has 0 unspecified atom stereocenters. The molecule has 2 amide bonds. The largest absolute Gasteiger partial charge is 0.354 e. The second-order valence-electron chi connectivity index (χ2n) is 7.58. The molecule has 0 bridgehead atoms. The highest BCUT2D eigenvalue weighted by molar-refractivity contribution is 5.94. The van der Waals surface area contributed by atoms with Crippen LogP contribution in [0.1, 0.15) is 42.5 Å². The number of carbonyl (C=O) groups is 2. The first-order valence-electron chi connectivity index (χ1n) is 9.83. The molecule has 7 heteroatoms. The molecule has 1 aromatic rings. The van der Waals surface area contributed by atoms with Crippen LogP contribution in [0.2, 0.25) is 0 Å². The lowest BCUT2D eigenvalue weighted by Crippen LogP contribution is -2.44. The van der Waals surface area contributed by atoms with Gasteiger partial charge < -0.3 is 16.4 Å². The van der Waals surface area contributed by atoms with E-state index >= 15 is 0 Å². The van der Waals surface area contributed by atoms with Gasteiger partial charge in [-0.2, -0.15) is 0 Å². The SMILES string of the molecule is NC[C@H]1CC[C@@H](CC(=O)NCCNC(=O)c2ccc(F)cc2)N1CC1CC1. The zero-order chi connectivity index (χ0) is 19.2. The van der Waals surface area contributed by atoms with E-state index in [2.05, 4.69) is 15.5 Å². The maximum absolute atomic E-state index is 12.9. The van der Waals surface area contributed by atoms with Crippen LogP contribution in [-0.2, 0) is 4.79 Å². The van der Waals surface area contributed by atoms with E-state index in [0.717, 1.165) is 25.3 Å². The molecule has 1 heterocycles. The van der Waals surface area contributed by atoms with Crippen LogP contribution in [0.25, 0.3) is 0 Å². The molecule has 2 atom stereocenters. The summed E-state index contributed by atoms with van der Waals surface area (Å²) < 4.78 is 12.9. The molecule has 148 valence electrons. The Balaban J connectivity index is 1.36. The highest BCUT2D eigenvalue weighted by atomic mass is 19.1. The van der Waals surface area contributed by atoms with Gasteiger partial charge in [0.2, 0.25) is 5.91 Å². The van der Waals surface area contributed by atoms with Crippen molar-refractivity contribution >= 4 is 11.8 Å². The summed E-state index contributed by atoms with van der Waals surface area (Å²) in [6.07, 6.45) is 5.15. The number of nitrogens with one attached hydrogen (secondary N) is 2. The highest BCUT2D eigenvalue weighted by Gasteiger charge is 2.37. The molecule has 0 radical (unpaired) electrons. The number of hydrogen-bond acceptors (Lipinski definition) is 4. The molecule has 2 aliphatic rings. The van der Waals surface area contributed by atoms with Gasteiger partial charge in [0.1, 0.15) is 5.82 Å². The molecule has 1 saturated heterocycles. The molecule has 27 heavy (non-hydrogen) atoms. The minimum absolute atomic E-state index is 0.00880. The highest BCUT2D eigenvalue weighted by Crippen LogP contribution is 2.35. The lowest BCUT2D eigenvalue weighted by Gasteiger charge is -2.29. The van der Waals surface area contributed by atoms with Crippen molar-refractivity contribution in [2.75, 3.05) is 26.2 Å². The summed E-state index contributed by atoms with van der Waals surface area (Å²) >= 11 is 0. The van der Waals surface area contributed by atoms with Crippen LogP contribution in [0, 0.1) is 11.7 Å². The van der Waals surface area contributed by atoms with Gasteiger partial charge >= 0.3 is 0 Å². The van der Waals surface area contributed by atoms with Crippen LogP contribution in [0.4, 0.5) is 4.39 Å². The number of likely N-dealkylation sites (tertiary alicyclic amines) is 1. The average molecular weight is 376 g/mol. The third-order valence-corrected chi connectivity index (χ3v) is 5.47. The van der Waals surface area contributed by atoms with E-state index in [1.807, 2.05) is 0 Å². The molecule has 1 aliphatic carbocycles. The molecule has 1 saturated carbocycles. The van der Waals surface area contributed by atoms with E-state index < -0.39 is 0 Å². The molecule has 0 spiro atoms. The maximum atomic E-state index is 12.9. The Bertz CT molecular complexity index is 648. The fraction of sp³-hybridized carbons (Fsp3) is 0.600. The second kappa shape index (κ2) is 9.28. The smallest absolute Gasteiger partial charge is 0.251 e. The summed E-state index contributed by atoms with van der Waals surface area (Å²) in [4.78, 5) is 26.6. The van der Waals surface area contributed by atoms with Crippen LogP contribution >= 0.6 is 0 Å². The van der Waals surface area contributed by atoms with Crippen LogP contribution < -0.4 is 16.4 Å². The third kappa shape index (κ3) is 5.74. The van der Waals surface area contributed by atoms with Crippen molar-refractivity contribution in [1.82, 2.24) is 15.5 Å². The van der Waals surface area contributed by atoms with Gasteiger partial charge in [0.15, 0.2) is 0 Å². The summed E-state index contributed by atoms with van der Waals surface area (Å²) in [7, 11) is 0. The first-order valence-corrected chi connectivity index (χ1v) is 9.83. The standard InChI is InChI=1S/C20H29FN4O2/c21-16-5-3-15(4-6-16)20(27)24-10-9-23-19(26)11-17-7-8-18(12-22)25(17)13-14-1-2-14/h3-6,14,17-18H,1-2,7-13,22H2,(H,23,26)(H,24,27)/t17-,18+/m0/s1. The lowest BCUT2D eigenvalue weighted by molar-refractivity contribution is -0.122. The molecule has 0 aromatic heterocycles. The Morgan fingerprint density at radius 3 is 2.37 bits per heavy atom. The van der Waals surface area contributed by atoms with Gasteiger partial charge in [0, 0.05) is 50.2 Å². The molecular formula is C20H29FN4O2. The Hall–Kier alpha value is -1.99. The van der Waals surface area contributed by atoms with Crippen LogP contribution in [0.3, 0.4) is 0 Å². The van der Waals surface area contributed by atoms with Gasteiger partial charge in [0.25, 0.3) is 5.91 Å². The van der Waals surface area contributed by atoms with E-state index in [9.17, 15) is 14.0 Å². The summed E-state index contributed by atoms with van der Waals surface area (Å²) in [6, 6.07) is 6.05. The van der Waals surface area contributed by atoms with Crippen molar-refractivity contribution < 1.29 is 14.0 Å². The molecule has 1 aromatic carbocycles. The van der Waals surface area contributed by atoms with Crippen LogP contribution in [-0.4, -0.2) is 55.0 Å². The first-order chi connectivity index (χ1) is 13.1. The number of amides is 2. The summed E-state index contributed by atoms with van der Waals surface area (Å²) in [6.45, 7) is 2.43. The molecule has 3 rings (SSSR count). The Labute approximate surface area is 159 Å². The number of benzene rings is 1. The molecule has 6 nitrogen and oxygen atoms in total. The van der Waals surface area contributed by atoms with Crippen molar-refractivity contribution in [2.45, 2.75) is 44.2 Å². The molecule has 1 aliphatic heterocycles. The van der Waals surface area contributed by atoms with Gasteiger partial charge in [-0.3, -0.25) is 14.5 Å². The van der Waals surface area contributed by atoms with Crippen LogP contribution in [0.15, 0.2) is 24.3 Å². The van der Waals surface area contributed by atoms with Crippen molar-refractivity contribution in [1.29, 1.82) is 0 Å². The topological polar surface area (TPSA) is 87.5 Å². The summed E-state index contributed by atoms with van der Waals surface area (Å²) in [5, 5.41) is 5.60. The minimum atomic E-state index is -0.377. The summed E-state index contributed by atoms with van der Waals surface area (Å²) in [5.74, 6) is 0.138. The van der Waals surface area contributed by atoms with Gasteiger partial charge in [0.05, 0.1) is 0 Å². The Morgan fingerprint density at radius 1 is 1.04 bits per heavy atom. The number of rotatable bonds is 9. The monoisotopic (exact) mass is 376 g/mol. The first kappa shape index (κ1) is 19.8. The number of hydrogen-bond donors (Lipinski definition) is 3. The molecule has 4 N–H and O–H groups in total. The average Bonchev–Trinajstić information content (AvgIpc) is 3.40. The van der Waals surface area contributed by atoms with E-state index in [1.165, 1.54) is 37.1 Å². The fourth-order valence-corrected chi connectivity index (χ4v) is 3.75. The van der Waals surface area contributed by atoms with Gasteiger partial charge in [-0.1, -0.05) is 0 Å². The number of nitrogens with zero attached hydrogens (tertiary/aromatic N) is 1. The lowest BCUT2D eigenvalue weighted by atomic mass is 10.1. The van der Waals surface area contributed by atoms with Gasteiger partial charge in [-0.25, -0.2) is 4.39 Å². The van der Waals surface area contributed by atoms with E-state index in [0.29, 0.717) is 37.7 Å². The number of carbonyl (C=O) groups excluding carboxylic acids is 2.